The molecule has 0 amide bonds. The third-order valence-electron chi connectivity index (χ3n) is 2.66. The van der Waals surface area contributed by atoms with E-state index in [0.29, 0.717) is 12.5 Å². The van der Waals surface area contributed by atoms with Crippen molar-refractivity contribution in [1.29, 1.82) is 0 Å². The van der Waals surface area contributed by atoms with Crippen LogP contribution < -0.4 is 0 Å². The molecule has 1 N–H and O–H groups in total. The fourth-order valence-corrected chi connectivity index (χ4v) is 1.29. The van der Waals surface area contributed by atoms with Gasteiger partial charge in [0.25, 0.3) is 0 Å². The molecule has 0 bridgehead atoms. The lowest BCUT2D eigenvalue weighted by atomic mass is 9.92. The van der Waals surface area contributed by atoms with Crippen molar-refractivity contribution < 1.29 is 5.11 Å². The Bertz CT molecular complexity index is 96.9. The number of rotatable bonds is 4. The van der Waals surface area contributed by atoms with E-state index in [-0.39, 0.29) is 0 Å². The first kappa shape index (κ1) is 8.06. The van der Waals surface area contributed by atoms with Crippen molar-refractivity contribution in [2.75, 3.05) is 6.61 Å². The van der Waals surface area contributed by atoms with E-state index in [0.717, 1.165) is 11.8 Å². The van der Waals surface area contributed by atoms with Gasteiger partial charge in [-0.2, -0.15) is 0 Å². The fraction of sp³-hybridized carbons (Fsp3) is 1.00. The van der Waals surface area contributed by atoms with Crippen LogP contribution >= 0.6 is 0 Å². The Kier molecular flexibility index (Phi) is 2.72. The zero-order chi connectivity index (χ0) is 7.56. The van der Waals surface area contributed by atoms with Crippen LogP contribution in [0.2, 0.25) is 0 Å². The van der Waals surface area contributed by atoms with E-state index in [1.165, 1.54) is 19.3 Å². The van der Waals surface area contributed by atoms with Gasteiger partial charge in [0.15, 0.2) is 0 Å². The standard InChI is InChI=1S/C9H18O/c1-7(8(2)6-10)5-9-3-4-9/h7-10H,3-6H2,1-2H3. The van der Waals surface area contributed by atoms with E-state index in [4.69, 9.17) is 5.11 Å². The minimum Gasteiger partial charge on any atom is -0.396 e. The molecule has 1 aliphatic rings. The van der Waals surface area contributed by atoms with E-state index in [1.807, 2.05) is 0 Å². The van der Waals surface area contributed by atoms with Gasteiger partial charge in [-0.3, -0.25) is 0 Å². The normalized spacial score (nSPS) is 24.3. The van der Waals surface area contributed by atoms with Crippen LogP contribution in [0.1, 0.15) is 33.1 Å². The Balaban J connectivity index is 2.11. The fourth-order valence-electron chi connectivity index (χ4n) is 1.29. The average molecular weight is 142 g/mol. The van der Waals surface area contributed by atoms with E-state index in [9.17, 15) is 0 Å². The van der Waals surface area contributed by atoms with Crippen molar-refractivity contribution >= 4 is 0 Å². The molecule has 0 aromatic rings. The Morgan fingerprint density at radius 2 is 1.90 bits per heavy atom. The molecule has 1 aliphatic carbocycles. The lowest BCUT2D eigenvalue weighted by molar-refractivity contribution is 0.187. The molecule has 1 rings (SSSR count). The van der Waals surface area contributed by atoms with Gasteiger partial charge in [-0.1, -0.05) is 26.7 Å². The van der Waals surface area contributed by atoms with Crippen LogP contribution in [0.3, 0.4) is 0 Å². The van der Waals surface area contributed by atoms with Gasteiger partial charge in [-0.15, -0.1) is 0 Å². The van der Waals surface area contributed by atoms with Crippen LogP contribution in [-0.2, 0) is 0 Å². The van der Waals surface area contributed by atoms with Crippen molar-refractivity contribution in [3.63, 3.8) is 0 Å². The summed E-state index contributed by atoms with van der Waals surface area (Å²) >= 11 is 0. The highest BCUT2D eigenvalue weighted by Crippen LogP contribution is 2.36. The van der Waals surface area contributed by atoms with Crippen molar-refractivity contribution in [2.24, 2.45) is 17.8 Å². The largest absolute Gasteiger partial charge is 0.396 e. The molecule has 1 saturated carbocycles. The molecule has 1 fully saturated rings. The van der Waals surface area contributed by atoms with Gasteiger partial charge in [0, 0.05) is 6.61 Å². The molecule has 0 aromatic heterocycles. The summed E-state index contributed by atoms with van der Waals surface area (Å²) in [5, 5.41) is 8.84. The number of aliphatic hydroxyl groups excluding tert-OH is 1. The Morgan fingerprint density at radius 3 is 2.30 bits per heavy atom. The van der Waals surface area contributed by atoms with Gasteiger partial charge < -0.3 is 5.11 Å². The maximum atomic E-state index is 8.84. The first-order valence-corrected chi connectivity index (χ1v) is 4.35. The van der Waals surface area contributed by atoms with Gasteiger partial charge in [0.2, 0.25) is 0 Å². The number of aliphatic hydroxyl groups is 1. The smallest absolute Gasteiger partial charge is 0.0459 e. The molecule has 2 atom stereocenters. The SMILES string of the molecule is CC(CO)C(C)CC1CC1. The topological polar surface area (TPSA) is 20.2 Å². The second kappa shape index (κ2) is 3.38. The molecular formula is C9H18O. The lowest BCUT2D eigenvalue weighted by Gasteiger charge is -2.16. The Hall–Kier alpha value is -0.0400. The Morgan fingerprint density at radius 1 is 1.30 bits per heavy atom. The molecule has 1 nitrogen and oxygen atoms in total. The zero-order valence-corrected chi connectivity index (χ0v) is 7.01. The summed E-state index contributed by atoms with van der Waals surface area (Å²) < 4.78 is 0. The van der Waals surface area contributed by atoms with E-state index < -0.39 is 0 Å². The van der Waals surface area contributed by atoms with Crippen molar-refractivity contribution in [3.05, 3.63) is 0 Å². The second-order valence-electron chi connectivity index (χ2n) is 3.82. The van der Waals surface area contributed by atoms with E-state index in [2.05, 4.69) is 13.8 Å². The highest BCUT2D eigenvalue weighted by Gasteiger charge is 2.25. The summed E-state index contributed by atoms with van der Waals surface area (Å²) in [6.07, 6.45) is 4.20. The summed E-state index contributed by atoms with van der Waals surface area (Å²) in [7, 11) is 0. The van der Waals surface area contributed by atoms with Crippen LogP contribution in [0.5, 0.6) is 0 Å². The molecular weight excluding hydrogens is 124 g/mol. The second-order valence-corrected chi connectivity index (χ2v) is 3.82. The summed E-state index contributed by atoms with van der Waals surface area (Å²) in [6, 6.07) is 0. The minimum atomic E-state index is 0.355. The lowest BCUT2D eigenvalue weighted by Crippen LogP contribution is -2.12. The molecule has 0 spiro atoms. The molecule has 60 valence electrons. The zero-order valence-electron chi connectivity index (χ0n) is 7.01. The van der Waals surface area contributed by atoms with Gasteiger partial charge in [-0.05, 0) is 24.2 Å². The number of hydrogen-bond acceptors (Lipinski definition) is 1. The molecule has 0 aliphatic heterocycles. The van der Waals surface area contributed by atoms with Crippen LogP contribution in [0.15, 0.2) is 0 Å². The van der Waals surface area contributed by atoms with Crippen LogP contribution in [0.25, 0.3) is 0 Å². The van der Waals surface area contributed by atoms with Gasteiger partial charge in [0.1, 0.15) is 0 Å². The minimum absolute atomic E-state index is 0.355. The molecule has 2 unspecified atom stereocenters. The van der Waals surface area contributed by atoms with Crippen molar-refractivity contribution in [2.45, 2.75) is 33.1 Å². The molecule has 0 saturated heterocycles. The van der Waals surface area contributed by atoms with Gasteiger partial charge >= 0.3 is 0 Å². The van der Waals surface area contributed by atoms with Gasteiger partial charge in [0.05, 0.1) is 0 Å². The van der Waals surface area contributed by atoms with Crippen LogP contribution in [0, 0.1) is 17.8 Å². The maximum Gasteiger partial charge on any atom is 0.0459 e. The predicted octanol–water partition coefficient (Wildman–Crippen LogP) is 2.05. The summed E-state index contributed by atoms with van der Waals surface area (Å²) in [5.41, 5.74) is 0. The predicted molar refractivity (Wildman–Crippen MR) is 42.8 cm³/mol. The molecule has 10 heavy (non-hydrogen) atoms. The highest BCUT2D eigenvalue weighted by atomic mass is 16.3. The Labute approximate surface area is 63.4 Å². The first-order valence-electron chi connectivity index (χ1n) is 4.35. The summed E-state index contributed by atoms with van der Waals surface area (Å²) in [4.78, 5) is 0. The third kappa shape index (κ3) is 2.30. The molecule has 0 radical (unpaired) electrons. The molecule has 0 heterocycles. The molecule has 0 aromatic carbocycles. The third-order valence-corrected chi connectivity index (χ3v) is 2.66. The van der Waals surface area contributed by atoms with Gasteiger partial charge in [-0.25, -0.2) is 0 Å². The monoisotopic (exact) mass is 142 g/mol. The maximum absolute atomic E-state index is 8.84. The van der Waals surface area contributed by atoms with E-state index >= 15 is 0 Å². The van der Waals surface area contributed by atoms with Crippen molar-refractivity contribution in [1.82, 2.24) is 0 Å². The highest BCUT2D eigenvalue weighted by molar-refractivity contribution is 4.76. The van der Waals surface area contributed by atoms with Crippen LogP contribution in [0.4, 0.5) is 0 Å². The quantitative estimate of drug-likeness (QED) is 0.637. The van der Waals surface area contributed by atoms with E-state index in [1.54, 1.807) is 0 Å². The average Bonchev–Trinajstić information content (AvgIpc) is 2.70. The van der Waals surface area contributed by atoms with Crippen LogP contribution in [-0.4, -0.2) is 11.7 Å². The summed E-state index contributed by atoms with van der Waals surface area (Å²) in [5.74, 6) is 2.22. The summed E-state index contributed by atoms with van der Waals surface area (Å²) in [6.45, 7) is 4.74. The molecule has 1 heteroatoms. The number of hydrogen-bond donors (Lipinski definition) is 1. The first-order chi connectivity index (χ1) is 4.74. The van der Waals surface area contributed by atoms with Crippen molar-refractivity contribution in [3.8, 4) is 0 Å².